The second kappa shape index (κ2) is 12.5. The maximum Gasteiger partial charge on any atom is 0.136 e. The van der Waals surface area contributed by atoms with Gasteiger partial charge in [-0.05, 0) is 141 Å². The number of benzene rings is 11. The van der Waals surface area contributed by atoms with Crippen molar-refractivity contribution in [2.24, 2.45) is 0 Å². The van der Waals surface area contributed by atoms with E-state index in [0.717, 1.165) is 33.6 Å². The first-order valence-corrected chi connectivity index (χ1v) is 19.7. The summed E-state index contributed by atoms with van der Waals surface area (Å²) in [5.41, 5.74) is 14.3. The molecule has 1 heterocycles. The Morgan fingerprint density at radius 3 is 1.44 bits per heavy atom. The first kappa shape index (κ1) is 31.8. The van der Waals surface area contributed by atoms with Gasteiger partial charge in [0.05, 0.1) is 0 Å². The van der Waals surface area contributed by atoms with E-state index >= 15 is 0 Å². The molecule has 12 rings (SSSR count). The molecule has 0 bridgehead atoms. The van der Waals surface area contributed by atoms with Crippen LogP contribution in [0.25, 0.3) is 110 Å². The molecule has 0 amide bonds. The third-order valence-electron chi connectivity index (χ3n) is 12.0. The van der Waals surface area contributed by atoms with E-state index in [1.807, 2.05) is 0 Å². The minimum atomic E-state index is 0.884. The van der Waals surface area contributed by atoms with Gasteiger partial charge >= 0.3 is 0 Å². The summed E-state index contributed by atoms with van der Waals surface area (Å²) in [6.07, 6.45) is 0. The smallest absolute Gasteiger partial charge is 0.136 e. The summed E-state index contributed by atoms with van der Waals surface area (Å²) in [5, 5.41) is 10.0. The highest BCUT2D eigenvalue weighted by Crippen LogP contribution is 2.50. The lowest BCUT2D eigenvalue weighted by atomic mass is 9.86. The highest BCUT2D eigenvalue weighted by Gasteiger charge is 2.23. The SMILES string of the molecule is c1ccc(-c2cc(-c3cc4c5c(cccc5c3)-c3cc(-c5ccccc5)ccc3O4)cc(-c3ccc4ccc5c(-c6ccccc6)ccc6ccc3c4c65)c2)cc1. The van der Waals surface area contributed by atoms with E-state index < -0.39 is 0 Å². The zero-order chi connectivity index (χ0) is 37.5. The van der Waals surface area contributed by atoms with Crippen LogP contribution in [0.2, 0.25) is 0 Å². The van der Waals surface area contributed by atoms with Crippen molar-refractivity contribution in [1.29, 1.82) is 0 Å². The molecule has 1 nitrogen and oxygen atoms in total. The molecule has 0 atom stereocenters. The van der Waals surface area contributed by atoms with E-state index in [1.165, 1.54) is 87.8 Å². The summed E-state index contributed by atoms with van der Waals surface area (Å²) in [6.45, 7) is 0. The lowest BCUT2D eigenvalue weighted by Crippen LogP contribution is -1.98. The normalized spacial score (nSPS) is 12.0. The topological polar surface area (TPSA) is 9.23 Å². The van der Waals surface area contributed by atoms with E-state index in [1.54, 1.807) is 0 Å². The van der Waals surface area contributed by atoms with Crippen LogP contribution in [0.15, 0.2) is 206 Å². The van der Waals surface area contributed by atoms with Gasteiger partial charge in [-0.25, -0.2) is 0 Å². The van der Waals surface area contributed by atoms with Crippen molar-refractivity contribution < 1.29 is 4.74 Å². The Hall–Kier alpha value is -7.48. The van der Waals surface area contributed by atoms with Crippen molar-refractivity contribution in [1.82, 2.24) is 0 Å². The van der Waals surface area contributed by atoms with Gasteiger partial charge in [-0.3, -0.25) is 0 Å². The number of hydrogen-bond acceptors (Lipinski definition) is 1. The van der Waals surface area contributed by atoms with Crippen molar-refractivity contribution >= 4 is 43.1 Å². The third-order valence-corrected chi connectivity index (χ3v) is 12.0. The van der Waals surface area contributed by atoms with E-state index in [2.05, 4.69) is 206 Å². The number of rotatable bonds is 5. The zero-order valence-corrected chi connectivity index (χ0v) is 31.0. The van der Waals surface area contributed by atoms with Crippen LogP contribution < -0.4 is 4.74 Å². The molecule has 0 fully saturated rings. The monoisotopic (exact) mass is 722 g/mol. The summed E-state index contributed by atoms with van der Waals surface area (Å²) in [5.74, 6) is 1.77. The molecule has 0 aliphatic carbocycles. The Morgan fingerprint density at radius 2 is 0.772 bits per heavy atom. The number of hydrogen-bond donors (Lipinski definition) is 0. The molecule has 1 heteroatoms. The van der Waals surface area contributed by atoms with Crippen LogP contribution in [0.5, 0.6) is 11.5 Å². The van der Waals surface area contributed by atoms with E-state index in [-0.39, 0.29) is 0 Å². The molecule has 1 aliphatic heterocycles. The predicted octanol–water partition coefficient (Wildman–Crippen LogP) is 15.8. The van der Waals surface area contributed by atoms with Crippen molar-refractivity contribution in [2.45, 2.75) is 0 Å². The Labute approximate surface area is 331 Å². The zero-order valence-electron chi connectivity index (χ0n) is 31.0. The van der Waals surface area contributed by atoms with Crippen LogP contribution in [0, 0.1) is 0 Å². The Bertz CT molecular complexity index is 3340. The predicted molar refractivity (Wildman–Crippen MR) is 240 cm³/mol. The first-order chi connectivity index (χ1) is 28.2. The molecular weight excluding hydrogens is 689 g/mol. The summed E-state index contributed by atoms with van der Waals surface area (Å²) in [6, 6.07) is 75.3. The van der Waals surface area contributed by atoms with Gasteiger partial charge in [-0.15, -0.1) is 0 Å². The number of ether oxygens (including phenoxy) is 1. The maximum atomic E-state index is 6.80. The third kappa shape index (κ3) is 5.10. The molecule has 57 heavy (non-hydrogen) atoms. The van der Waals surface area contributed by atoms with Gasteiger partial charge < -0.3 is 4.74 Å². The highest BCUT2D eigenvalue weighted by atomic mass is 16.5. The molecular formula is C56H34O. The molecule has 0 saturated heterocycles. The minimum absolute atomic E-state index is 0.884. The molecule has 1 aliphatic rings. The van der Waals surface area contributed by atoms with Gasteiger partial charge in [0.2, 0.25) is 0 Å². The second-order valence-electron chi connectivity index (χ2n) is 15.2. The molecule has 0 N–H and O–H groups in total. The van der Waals surface area contributed by atoms with E-state index in [9.17, 15) is 0 Å². The van der Waals surface area contributed by atoms with Crippen molar-refractivity contribution in [3.8, 4) is 78.3 Å². The minimum Gasteiger partial charge on any atom is -0.456 e. The first-order valence-electron chi connectivity index (χ1n) is 19.7. The molecule has 0 radical (unpaired) electrons. The molecule has 11 aromatic rings. The molecule has 0 spiro atoms. The molecule has 11 aromatic carbocycles. The molecule has 0 saturated carbocycles. The van der Waals surface area contributed by atoms with Crippen molar-refractivity contribution in [2.75, 3.05) is 0 Å². The van der Waals surface area contributed by atoms with Crippen molar-refractivity contribution in [3.63, 3.8) is 0 Å². The summed E-state index contributed by atoms with van der Waals surface area (Å²) in [4.78, 5) is 0. The van der Waals surface area contributed by atoms with Crippen LogP contribution in [0.4, 0.5) is 0 Å². The second-order valence-corrected chi connectivity index (χ2v) is 15.2. The summed E-state index contributed by atoms with van der Waals surface area (Å²) in [7, 11) is 0. The average molecular weight is 723 g/mol. The molecule has 0 aromatic heterocycles. The van der Waals surface area contributed by atoms with Gasteiger partial charge in [0.1, 0.15) is 11.5 Å². The van der Waals surface area contributed by atoms with Crippen LogP contribution in [0.3, 0.4) is 0 Å². The quantitative estimate of drug-likeness (QED) is 0.161. The van der Waals surface area contributed by atoms with Gasteiger partial charge in [0.15, 0.2) is 0 Å². The average Bonchev–Trinajstić information content (AvgIpc) is 3.28. The fourth-order valence-corrected chi connectivity index (χ4v) is 9.29. The Morgan fingerprint density at radius 1 is 0.228 bits per heavy atom. The Kier molecular flexibility index (Phi) is 7.00. The van der Waals surface area contributed by atoms with Gasteiger partial charge in [0.25, 0.3) is 0 Å². The van der Waals surface area contributed by atoms with Crippen LogP contribution >= 0.6 is 0 Å². The van der Waals surface area contributed by atoms with Gasteiger partial charge in [0, 0.05) is 10.9 Å². The fraction of sp³-hybridized carbons (Fsp3) is 0. The van der Waals surface area contributed by atoms with E-state index in [0.29, 0.717) is 0 Å². The van der Waals surface area contributed by atoms with Gasteiger partial charge in [-0.1, -0.05) is 164 Å². The standard InChI is InChI=1S/C56H34O/c1-4-11-35(12-5-1)40-23-28-52-51(33-40)48-18-10-17-41-29-44(34-53(57-52)54(41)48)43-30-42(36-13-6-2-7-14-36)31-45(32-43)47-25-20-39-21-26-49-46(37-15-8-3-9-16-37)24-19-38-22-27-50(47)56(39)55(38)49/h1-34H. The summed E-state index contributed by atoms with van der Waals surface area (Å²) >= 11 is 0. The maximum absolute atomic E-state index is 6.80. The van der Waals surface area contributed by atoms with Gasteiger partial charge in [-0.2, -0.15) is 0 Å². The van der Waals surface area contributed by atoms with Crippen molar-refractivity contribution in [3.05, 3.63) is 206 Å². The lowest BCUT2D eigenvalue weighted by Gasteiger charge is -2.23. The van der Waals surface area contributed by atoms with Crippen LogP contribution in [-0.4, -0.2) is 0 Å². The highest BCUT2D eigenvalue weighted by molar-refractivity contribution is 6.27. The molecule has 264 valence electrons. The van der Waals surface area contributed by atoms with Crippen LogP contribution in [-0.2, 0) is 0 Å². The fourth-order valence-electron chi connectivity index (χ4n) is 9.29. The lowest BCUT2D eigenvalue weighted by molar-refractivity contribution is 0.487. The molecule has 0 unspecified atom stereocenters. The Balaban J connectivity index is 1.05. The van der Waals surface area contributed by atoms with Crippen LogP contribution in [0.1, 0.15) is 0 Å². The number of fused-ring (bicyclic) bond motifs is 2. The largest absolute Gasteiger partial charge is 0.456 e. The summed E-state index contributed by atoms with van der Waals surface area (Å²) < 4.78 is 6.80. The van der Waals surface area contributed by atoms with E-state index in [4.69, 9.17) is 4.74 Å².